The number of nitrogens with two attached hydrogens (primary N) is 1. The Morgan fingerprint density at radius 3 is 2.53 bits per heavy atom. The maximum absolute atomic E-state index is 12.7. The molecule has 1 aliphatic heterocycles. The first kappa shape index (κ1) is 15.1. The fourth-order valence-electron chi connectivity index (χ4n) is 4.54. The van der Waals surface area contributed by atoms with Crippen LogP contribution < -0.4 is 5.73 Å². The van der Waals surface area contributed by atoms with Gasteiger partial charge in [0, 0.05) is 24.0 Å². The lowest BCUT2D eigenvalue weighted by atomic mass is 9.84. The maximum atomic E-state index is 12.7. The van der Waals surface area contributed by atoms with Crippen molar-refractivity contribution in [2.24, 2.45) is 17.6 Å². The molecule has 1 amide bonds. The molecule has 1 heterocycles. The van der Waals surface area contributed by atoms with Crippen LogP contribution in [0.5, 0.6) is 0 Å². The number of carbonyl (C=O) groups excluding carboxylic acids is 1. The largest absolute Gasteiger partial charge is 0.336 e. The molecule has 0 bridgehead atoms. The van der Waals surface area contributed by atoms with Crippen LogP contribution in [0.4, 0.5) is 0 Å². The van der Waals surface area contributed by atoms with Gasteiger partial charge in [0.2, 0.25) is 5.91 Å². The lowest BCUT2D eigenvalue weighted by Crippen LogP contribution is -2.45. The fraction of sp³-hybridized carbons (Fsp3) is 0.933. The normalized spacial score (nSPS) is 41.8. The standard InChI is InChI=1S/C15H26N2O.ClH/c1-10-8-11-4-2-3-5-14(11)17(10)15(18)12-6-7-13(16)9-12;/h10-14H,2-9,16H2,1H3;1H. The quantitative estimate of drug-likeness (QED) is 0.806. The highest BCUT2D eigenvalue weighted by atomic mass is 35.5. The van der Waals surface area contributed by atoms with E-state index in [1.54, 1.807) is 0 Å². The van der Waals surface area contributed by atoms with Crippen molar-refractivity contribution < 1.29 is 4.79 Å². The number of hydrogen-bond acceptors (Lipinski definition) is 2. The number of nitrogens with zero attached hydrogens (tertiary/aromatic N) is 1. The van der Waals surface area contributed by atoms with Gasteiger partial charge in [-0.3, -0.25) is 4.79 Å². The fourth-order valence-corrected chi connectivity index (χ4v) is 4.54. The van der Waals surface area contributed by atoms with Crippen LogP contribution in [-0.4, -0.2) is 28.9 Å². The van der Waals surface area contributed by atoms with Crippen LogP contribution in [0, 0.1) is 11.8 Å². The minimum atomic E-state index is 0. The molecule has 5 atom stereocenters. The topological polar surface area (TPSA) is 46.3 Å². The van der Waals surface area contributed by atoms with Crippen LogP contribution in [0.15, 0.2) is 0 Å². The van der Waals surface area contributed by atoms with E-state index in [1.807, 2.05) is 0 Å². The summed E-state index contributed by atoms with van der Waals surface area (Å²) < 4.78 is 0. The predicted molar refractivity (Wildman–Crippen MR) is 79.2 cm³/mol. The molecule has 5 unspecified atom stereocenters. The van der Waals surface area contributed by atoms with E-state index < -0.39 is 0 Å². The Labute approximate surface area is 122 Å². The highest BCUT2D eigenvalue weighted by Crippen LogP contribution is 2.41. The molecule has 19 heavy (non-hydrogen) atoms. The van der Waals surface area contributed by atoms with Gasteiger partial charge in [0.1, 0.15) is 0 Å². The van der Waals surface area contributed by atoms with E-state index in [1.165, 1.54) is 32.1 Å². The Morgan fingerprint density at radius 1 is 1.11 bits per heavy atom. The lowest BCUT2D eigenvalue weighted by molar-refractivity contribution is -0.138. The van der Waals surface area contributed by atoms with Crippen molar-refractivity contribution in [3.8, 4) is 0 Å². The van der Waals surface area contributed by atoms with Gasteiger partial charge >= 0.3 is 0 Å². The van der Waals surface area contributed by atoms with Crippen LogP contribution in [0.1, 0.15) is 58.3 Å². The van der Waals surface area contributed by atoms with Crippen LogP contribution in [-0.2, 0) is 4.79 Å². The molecular formula is C15H27ClN2O. The molecule has 2 saturated carbocycles. The molecular weight excluding hydrogens is 260 g/mol. The van der Waals surface area contributed by atoms with E-state index in [2.05, 4.69) is 11.8 Å². The van der Waals surface area contributed by atoms with Crippen molar-refractivity contribution in [3.05, 3.63) is 0 Å². The molecule has 0 aromatic heterocycles. The van der Waals surface area contributed by atoms with Gasteiger partial charge in [-0.05, 0) is 51.4 Å². The van der Waals surface area contributed by atoms with Gasteiger partial charge in [0.25, 0.3) is 0 Å². The molecule has 4 heteroatoms. The minimum absolute atomic E-state index is 0. The van der Waals surface area contributed by atoms with Gasteiger partial charge in [0.05, 0.1) is 0 Å². The highest BCUT2D eigenvalue weighted by Gasteiger charge is 2.44. The molecule has 1 saturated heterocycles. The second-order valence-corrected chi connectivity index (χ2v) is 6.71. The summed E-state index contributed by atoms with van der Waals surface area (Å²) in [6.45, 7) is 2.24. The van der Waals surface area contributed by atoms with Gasteiger partial charge in [-0.15, -0.1) is 12.4 Å². The average molecular weight is 287 g/mol. The third-order valence-electron chi connectivity index (χ3n) is 5.42. The summed E-state index contributed by atoms with van der Waals surface area (Å²) in [7, 11) is 0. The number of carbonyl (C=O) groups is 1. The zero-order valence-electron chi connectivity index (χ0n) is 11.9. The van der Waals surface area contributed by atoms with Crippen molar-refractivity contribution in [2.75, 3.05) is 0 Å². The summed E-state index contributed by atoms with van der Waals surface area (Å²) in [5.41, 5.74) is 5.96. The summed E-state index contributed by atoms with van der Waals surface area (Å²) in [6, 6.07) is 1.28. The van der Waals surface area contributed by atoms with Crippen LogP contribution in [0.3, 0.4) is 0 Å². The van der Waals surface area contributed by atoms with Crippen LogP contribution >= 0.6 is 12.4 Å². The summed E-state index contributed by atoms with van der Waals surface area (Å²) in [6.07, 6.45) is 9.44. The number of fused-ring (bicyclic) bond motifs is 1. The van der Waals surface area contributed by atoms with E-state index in [0.717, 1.165) is 25.2 Å². The Bertz CT molecular complexity index is 336. The molecule has 3 nitrogen and oxygen atoms in total. The summed E-state index contributed by atoms with van der Waals surface area (Å²) >= 11 is 0. The molecule has 3 aliphatic rings. The van der Waals surface area contributed by atoms with Crippen molar-refractivity contribution in [2.45, 2.75) is 76.4 Å². The van der Waals surface area contributed by atoms with Gasteiger partial charge in [-0.25, -0.2) is 0 Å². The zero-order chi connectivity index (χ0) is 12.7. The Morgan fingerprint density at radius 2 is 1.84 bits per heavy atom. The third-order valence-corrected chi connectivity index (χ3v) is 5.42. The molecule has 2 N–H and O–H groups in total. The third kappa shape index (κ3) is 2.78. The molecule has 0 spiro atoms. The summed E-state index contributed by atoms with van der Waals surface area (Å²) in [5, 5.41) is 0. The number of likely N-dealkylation sites (tertiary alicyclic amines) is 1. The van der Waals surface area contributed by atoms with Crippen molar-refractivity contribution in [3.63, 3.8) is 0 Å². The number of halogens is 1. The Hall–Kier alpha value is -0.280. The first-order chi connectivity index (χ1) is 8.66. The second-order valence-electron chi connectivity index (χ2n) is 6.71. The molecule has 2 aliphatic carbocycles. The summed E-state index contributed by atoms with van der Waals surface area (Å²) in [5.74, 6) is 1.43. The van der Waals surface area contributed by atoms with E-state index in [4.69, 9.17) is 5.73 Å². The molecule has 110 valence electrons. The number of rotatable bonds is 1. The first-order valence-corrected chi connectivity index (χ1v) is 7.74. The molecule has 0 radical (unpaired) electrons. The molecule has 0 aromatic rings. The monoisotopic (exact) mass is 286 g/mol. The van der Waals surface area contributed by atoms with Crippen molar-refractivity contribution in [1.29, 1.82) is 0 Å². The number of amides is 1. The van der Waals surface area contributed by atoms with E-state index in [-0.39, 0.29) is 24.4 Å². The SMILES string of the molecule is CC1CC2CCCCC2N1C(=O)C1CCC(N)C1.Cl. The zero-order valence-corrected chi connectivity index (χ0v) is 12.7. The first-order valence-electron chi connectivity index (χ1n) is 7.74. The van der Waals surface area contributed by atoms with Gasteiger partial charge in [0.15, 0.2) is 0 Å². The maximum Gasteiger partial charge on any atom is 0.226 e. The number of hydrogen-bond donors (Lipinski definition) is 1. The van der Waals surface area contributed by atoms with E-state index in [0.29, 0.717) is 18.0 Å². The average Bonchev–Trinajstić information content (AvgIpc) is 2.91. The van der Waals surface area contributed by atoms with Crippen molar-refractivity contribution in [1.82, 2.24) is 4.90 Å². The molecule has 0 aromatic carbocycles. The van der Waals surface area contributed by atoms with Crippen molar-refractivity contribution >= 4 is 18.3 Å². The molecule has 3 fully saturated rings. The van der Waals surface area contributed by atoms with E-state index in [9.17, 15) is 4.79 Å². The Balaban J connectivity index is 0.00000133. The summed E-state index contributed by atoms with van der Waals surface area (Å²) in [4.78, 5) is 15.0. The lowest BCUT2D eigenvalue weighted by Gasteiger charge is -2.35. The highest BCUT2D eigenvalue weighted by molar-refractivity contribution is 5.85. The Kier molecular flexibility index (Phi) is 4.78. The van der Waals surface area contributed by atoms with Crippen LogP contribution in [0.25, 0.3) is 0 Å². The van der Waals surface area contributed by atoms with E-state index >= 15 is 0 Å². The van der Waals surface area contributed by atoms with Gasteiger partial charge in [-0.2, -0.15) is 0 Å². The smallest absolute Gasteiger partial charge is 0.226 e. The van der Waals surface area contributed by atoms with Crippen LogP contribution in [0.2, 0.25) is 0 Å². The minimum Gasteiger partial charge on any atom is -0.336 e. The second kappa shape index (κ2) is 6.01. The predicted octanol–water partition coefficient (Wildman–Crippen LogP) is 2.72. The van der Waals surface area contributed by atoms with Gasteiger partial charge < -0.3 is 10.6 Å². The van der Waals surface area contributed by atoms with Gasteiger partial charge in [-0.1, -0.05) is 12.8 Å². The molecule has 3 rings (SSSR count).